The molecule has 0 aliphatic heterocycles. The minimum atomic E-state index is -0.763. The molecule has 0 radical (unpaired) electrons. The maximum Gasteiger partial charge on any atom is 0.348 e. The quantitative estimate of drug-likeness (QED) is 0.528. The summed E-state index contributed by atoms with van der Waals surface area (Å²) in [5, 5.41) is 12.7. The van der Waals surface area contributed by atoms with Crippen LogP contribution in [0.2, 0.25) is 0 Å². The molecule has 0 unspecified atom stereocenters. The molecule has 130 valence electrons. The number of nitrogens with one attached hydrogen (secondary N) is 1. The number of carbonyl (C=O) groups excluding carboxylic acids is 1. The van der Waals surface area contributed by atoms with E-state index >= 15 is 0 Å². The maximum atomic E-state index is 12.0. The van der Waals surface area contributed by atoms with Crippen molar-refractivity contribution in [2.45, 2.75) is 39.5 Å². The average Bonchev–Trinajstić information content (AvgIpc) is 2.88. The van der Waals surface area contributed by atoms with Crippen molar-refractivity contribution in [3.05, 3.63) is 16.8 Å². The second-order valence-electron chi connectivity index (χ2n) is 5.31. The van der Waals surface area contributed by atoms with Gasteiger partial charge in [-0.3, -0.25) is 4.79 Å². The number of esters is 1. The van der Waals surface area contributed by atoms with Gasteiger partial charge in [-0.2, -0.15) is 0 Å². The number of aromatic nitrogens is 2. The molecule has 0 amide bonds. The number of anilines is 1. The second-order valence-corrected chi connectivity index (χ2v) is 6.31. The van der Waals surface area contributed by atoms with Gasteiger partial charge in [-0.1, -0.05) is 6.42 Å². The Morgan fingerprint density at radius 2 is 2.08 bits per heavy atom. The van der Waals surface area contributed by atoms with Gasteiger partial charge in [0.15, 0.2) is 0 Å². The molecular formula is C16H21N3O4S. The van der Waals surface area contributed by atoms with Crippen LogP contribution in [0.15, 0.2) is 6.33 Å². The van der Waals surface area contributed by atoms with Crippen LogP contribution in [0.1, 0.15) is 47.8 Å². The fraction of sp³-hybridized carbons (Fsp3) is 0.500. The van der Waals surface area contributed by atoms with Crippen LogP contribution in [-0.2, 0) is 9.53 Å². The van der Waals surface area contributed by atoms with Crippen LogP contribution in [0.5, 0.6) is 0 Å². The standard InChI is InChI=1S/C16H21N3O4S/c1-3-23-16(22)13-10(2)12-14(18-9-19-15(12)24-13)17-8-6-4-5-7-11(20)21/h9H,3-8H2,1-2H3,(H,20,21)(H,17,18,19). The van der Waals surface area contributed by atoms with Crippen molar-refractivity contribution in [1.82, 2.24) is 9.97 Å². The molecule has 0 aliphatic rings. The number of rotatable bonds is 9. The molecular weight excluding hydrogens is 330 g/mol. The Morgan fingerprint density at radius 3 is 2.79 bits per heavy atom. The van der Waals surface area contributed by atoms with Crippen LogP contribution in [0.4, 0.5) is 5.82 Å². The van der Waals surface area contributed by atoms with E-state index in [1.807, 2.05) is 6.92 Å². The van der Waals surface area contributed by atoms with Crippen molar-refractivity contribution < 1.29 is 19.4 Å². The third-order valence-corrected chi connectivity index (χ3v) is 4.73. The Hall–Kier alpha value is -2.22. The highest BCUT2D eigenvalue weighted by Crippen LogP contribution is 2.33. The lowest BCUT2D eigenvalue weighted by atomic mass is 10.2. The summed E-state index contributed by atoms with van der Waals surface area (Å²) in [4.78, 5) is 32.3. The van der Waals surface area contributed by atoms with Crippen molar-refractivity contribution in [2.75, 3.05) is 18.5 Å². The minimum Gasteiger partial charge on any atom is -0.481 e. The SMILES string of the molecule is CCOC(=O)c1sc2ncnc(NCCCCCC(=O)O)c2c1C. The molecule has 0 saturated carbocycles. The first-order chi connectivity index (χ1) is 11.5. The molecule has 24 heavy (non-hydrogen) atoms. The third-order valence-electron chi connectivity index (χ3n) is 3.55. The van der Waals surface area contributed by atoms with E-state index in [-0.39, 0.29) is 12.4 Å². The van der Waals surface area contributed by atoms with Crippen LogP contribution < -0.4 is 5.32 Å². The topological polar surface area (TPSA) is 101 Å². The third kappa shape index (κ3) is 4.41. The molecule has 0 bridgehead atoms. The van der Waals surface area contributed by atoms with Crippen LogP contribution in [-0.4, -0.2) is 40.2 Å². The Kier molecular flexibility index (Phi) is 6.48. The van der Waals surface area contributed by atoms with Gasteiger partial charge in [0.2, 0.25) is 0 Å². The number of unbranched alkanes of at least 4 members (excludes halogenated alkanes) is 2. The van der Waals surface area contributed by atoms with Crippen molar-refractivity contribution in [3.63, 3.8) is 0 Å². The summed E-state index contributed by atoms with van der Waals surface area (Å²) in [6, 6.07) is 0. The molecule has 7 nitrogen and oxygen atoms in total. The lowest BCUT2D eigenvalue weighted by Gasteiger charge is -2.07. The number of aliphatic carboxylic acids is 1. The zero-order chi connectivity index (χ0) is 17.5. The molecule has 0 fully saturated rings. The molecule has 2 N–H and O–H groups in total. The summed E-state index contributed by atoms with van der Waals surface area (Å²) in [6.45, 7) is 4.67. The van der Waals surface area contributed by atoms with Gasteiger partial charge in [0.25, 0.3) is 0 Å². The number of carbonyl (C=O) groups is 2. The first-order valence-corrected chi connectivity index (χ1v) is 8.73. The van der Waals surface area contributed by atoms with E-state index in [9.17, 15) is 9.59 Å². The Morgan fingerprint density at radius 1 is 1.29 bits per heavy atom. The van der Waals surface area contributed by atoms with E-state index in [1.165, 1.54) is 17.7 Å². The van der Waals surface area contributed by atoms with Crippen LogP contribution in [0.25, 0.3) is 10.2 Å². The predicted octanol–water partition coefficient (Wildman–Crippen LogP) is 3.23. The van der Waals surface area contributed by atoms with E-state index in [2.05, 4.69) is 15.3 Å². The summed E-state index contributed by atoms with van der Waals surface area (Å²) in [7, 11) is 0. The van der Waals surface area contributed by atoms with Crippen LogP contribution >= 0.6 is 11.3 Å². The highest BCUT2D eigenvalue weighted by Gasteiger charge is 2.19. The predicted molar refractivity (Wildman–Crippen MR) is 92.7 cm³/mol. The van der Waals surface area contributed by atoms with E-state index in [0.29, 0.717) is 30.3 Å². The molecule has 0 saturated heterocycles. The number of nitrogens with zero attached hydrogens (tertiary/aromatic N) is 2. The van der Waals surface area contributed by atoms with Crippen molar-refractivity contribution >= 4 is 39.3 Å². The van der Waals surface area contributed by atoms with Gasteiger partial charge in [-0.25, -0.2) is 14.8 Å². The number of hydrogen-bond donors (Lipinski definition) is 2. The van der Waals surface area contributed by atoms with Gasteiger partial charge in [0.1, 0.15) is 21.9 Å². The molecule has 2 aromatic heterocycles. The fourth-order valence-corrected chi connectivity index (χ4v) is 3.42. The molecule has 0 aromatic carbocycles. The number of carboxylic acids is 1. The number of fused-ring (bicyclic) bond motifs is 1. The number of aryl methyl sites for hydroxylation is 1. The summed E-state index contributed by atoms with van der Waals surface area (Å²) in [6.07, 6.45) is 4.03. The molecule has 8 heteroatoms. The van der Waals surface area contributed by atoms with E-state index in [0.717, 1.165) is 28.6 Å². The smallest absolute Gasteiger partial charge is 0.348 e. The summed E-state index contributed by atoms with van der Waals surface area (Å²) >= 11 is 1.31. The lowest BCUT2D eigenvalue weighted by Crippen LogP contribution is -2.06. The van der Waals surface area contributed by atoms with Gasteiger partial charge in [0, 0.05) is 13.0 Å². The van der Waals surface area contributed by atoms with Gasteiger partial charge in [0.05, 0.1) is 12.0 Å². The Bertz CT molecular complexity index is 729. The second kappa shape index (κ2) is 8.58. The van der Waals surface area contributed by atoms with Crippen LogP contribution in [0.3, 0.4) is 0 Å². The monoisotopic (exact) mass is 351 g/mol. The molecule has 0 atom stereocenters. The number of ether oxygens (including phenoxy) is 1. The Labute approximate surface area is 144 Å². The maximum absolute atomic E-state index is 12.0. The zero-order valence-electron chi connectivity index (χ0n) is 13.8. The normalized spacial score (nSPS) is 10.8. The Balaban J connectivity index is 2.05. The van der Waals surface area contributed by atoms with Gasteiger partial charge < -0.3 is 15.2 Å². The summed E-state index contributed by atoms with van der Waals surface area (Å²) in [5.74, 6) is -0.402. The summed E-state index contributed by atoms with van der Waals surface area (Å²) < 4.78 is 5.08. The first kappa shape index (κ1) is 18.1. The first-order valence-electron chi connectivity index (χ1n) is 7.91. The van der Waals surface area contributed by atoms with Crippen molar-refractivity contribution in [2.24, 2.45) is 0 Å². The number of hydrogen-bond acceptors (Lipinski definition) is 7. The molecule has 2 rings (SSSR count). The number of thiophene rings is 1. The number of carboxylic acid groups (broad SMARTS) is 1. The largest absolute Gasteiger partial charge is 0.481 e. The van der Waals surface area contributed by atoms with Gasteiger partial charge >= 0.3 is 11.9 Å². The van der Waals surface area contributed by atoms with Gasteiger partial charge in [-0.05, 0) is 32.3 Å². The lowest BCUT2D eigenvalue weighted by molar-refractivity contribution is -0.137. The minimum absolute atomic E-state index is 0.199. The fourth-order valence-electron chi connectivity index (χ4n) is 2.38. The van der Waals surface area contributed by atoms with Crippen molar-refractivity contribution in [1.29, 1.82) is 0 Å². The highest BCUT2D eigenvalue weighted by atomic mass is 32.1. The van der Waals surface area contributed by atoms with Crippen LogP contribution in [0, 0.1) is 6.92 Å². The van der Waals surface area contributed by atoms with Crippen molar-refractivity contribution in [3.8, 4) is 0 Å². The average molecular weight is 351 g/mol. The van der Waals surface area contributed by atoms with E-state index < -0.39 is 5.97 Å². The molecule has 0 spiro atoms. The molecule has 2 aromatic rings. The van der Waals surface area contributed by atoms with Gasteiger partial charge in [-0.15, -0.1) is 11.3 Å². The van der Waals surface area contributed by atoms with E-state index in [1.54, 1.807) is 6.92 Å². The summed E-state index contributed by atoms with van der Waals surface area (Å²) in [5.41, 5.74) is 0.822. The molecule has 2 heterocycles. The van der Waals surface area contributed by atoms with E-state index in [4.69, 9.17) is 9.84 Å². The zero-order valence-corrected chi connectivity index (χ0v) is 14.6. The molecule has 0 aliphatic carbocycles. The highest BCUT2D eigenvalue weighted by molar-refractivity contribution is 7.20.